The number of carbonyl (C=O) groups excluding carboxylic acids is 1. The highest BCUT2D eigenvalue weighted by Gasteiger charge is 2.15. The molecule has 1 saturated heterocycles. The molecule has 0 bridgehead atoms. The molecule has 4 nitrogen and oxygen atoms in total. The molecule has 0 saturated carbocycles. The molecular weight excluding hydrogens is 262 g/mol. The molecule has 0 aromatic carbocycles. The number of rotatable bonds is 5. The molecule has 0 aliphatic carbocycles. The van der Waals surface area contributed by atoms with Crippen LogP contribution in [0.1, 0.15) is 43.9 Å². The molecule has 0 radical (unpaired) electrons. The number of aryl methyl sites for hydroxylation is 1. The van der Waals surface area contributed by atoms with E-state index in [2.05, 4.69) is 35.1 Å². The number of nitrogens with zero attached hydrogens (tertiary/aromatic N) is 2. The standard InChI is InChI=1S/C17H27N3O/c1-14-8-7-9-18-16(14)12-15(2)19-17(21)13-20-10-5-3-4-6-11-20/h7-9,15H,3-6,10-13H2,1-2H3,(H,19,21). The van der Waals surface area contributed by atoms with E-state index in [1.165, 1.54) is 31.2 Å². The molecule has 21 heavy (non-hydrogen) atoms. The predicted octanol–water partition coefficient (Wildman–Crippen LogP) is 2.31. The van der Waals surface area contributed by atoms with Crippen molar-refractivity contribution in [2.24, 2.45) is 0 Å². The molecule has 116 valence electrons. The summed E-state index contributed by atoms with van der Waals surface area (Å²) in [6.45, 7) is 6.76. The van der Waals surface area contributed by atoms with Crippen LogP contribution in [0.25, 0.3) is 0 Å². The van der Waals surface area contributed by atoms with Gasteiger partial charge in [0.05, 0.1) is 6.54 Å². The summed E-state index contributed by atoms with van der Waals surface area (Å²) in [6, 6.07) is 4.13. The van der Waals surface area contributed by atoms with E-state index >= 15 is 0 Å². The first-order valence-electron chi connectivity index (χ1n) is 8.07. The fraction of sp³-hybridized carbons (Fsp3) is 0.647. The van der Waals surface area contributed by atoms with Gasteiger partial charge in [-0.2, -0.15) is 0 Å². The number of likely N-dealkylation sites (tertiary alicyclic amines) is 1. The Bertz CT molecular complexity index is 453. The summed E-state index contributed by atoms with van der Waals surface area (Å²) in [7, 11) is 0. The molecule has 1 aliphatic rings. The summed E-state index contributed by atoms with van der Waals surface area (Å²) in [5.41, 5.74) is 2.26. The normalized spacial score (nSPS) is 18.0. The smallest absolute Gasteiger partial charge is 0.234 e. The van der Waals surface area contributed by atoms with Crippen LogP contribution in [0.2, 0.25) is 0 Å². The minimum absolute atomic E-state index is 0.123. The van der Waals surface area contributed by atoms with Crippen LogP contribution in [0.3, 0.4) is 0 Å². The molecule has 2 rings (SSSR count). The van der Waals surface area contributed by atoms with Crippen molar-refractivity contribution in [1.82, 2.24) is 15.2 Å². The molecule has 1 amide bonds. The Balaban J connectivity index is 1.77. The lowest BCUT2D eigenvalue weighted by atomic mass is 10.1. The Morgan fingerprint density at radius 2 is 2.05 bits per heavy atom. The predicted molar refractivity (Wildman–Crippen MR) is 85.2 cm³/mol. The lowest BCUT2D eigenvalue weighted by molar-refractivity contribution is -0.122. The van der Waals surface area contributed by atoms with Crippen LogP contribution in [-0.4, -0.2) is 41.5 Å². The van der Waals surface area contributed by atoms with Crippen molar-refractivity contribution < 1.29 is 4.79 Å². The summed E-state index contributed by atoms with van der Waals surface area (Å²) in [4.78, 5) is 18.8. The fourth-order valence-electron chi connectivity index (χ4n) is 2.89. The van der Waals surface area contributed by atoms with Crippen molar-refractivity contribution in [2.75, 3.05) is 19.6 Å². The van der Waals surface area contributed by atoms with E-state index < -0.39 is 0 Å². The Morgan fingerprint density at radius 3 is 2.71 bits per heavy atom. The molecule has 1 aliphatic heterocycles. The van der Waals surface area contributed by atoms with Gasteiger partial charge in [0.15, 0.2) is 0 Å². The average molecular weight is 289 g/mol. The second-order valence-corrected chi connectivity index (χ2v) is 6.13. The number of aromatic nitrogens is 1. The van der Waals surface area contributed by atoms with E-state index in [1.807, 2.05) is 12.3 Å². The van der Waals surface area contributed by atoms with E-state index in [-0.39, 0.29) is 11.9 Å². The largest absolute Gasteiger partial charge is 0.352 e. The second kappa shape index (κ2) is 8.13. The maximum Gasteiger partial charge on any atom is 0.234 e. The number of hydrogen-bond donors (Lipinski definition) is 1. The van der Waals surface area contributed by atoms with Crippen LogP contribution >= 0.6 is 0 Å². The Kier molecular flexibility index (Phi) is 6.18. The number of nitrogens with one attached hydrogen (secondary N) is 1. The summed E-state index contributed by atoms with van der Waals surface area (Å²) in [5, 5.41) is 3.10. The highest BCUT2D eigenvalue weighted by molar-refractivity contribution is 5.78. The van der Waals surface area contributed by atoms with Gasteiger partial charge < -0.3 is 5.32 Å². The zero-order valence-corrected chi connectivity index (χ0v) is 13.3. The molecule has 1 aromatic rings. The van der Waals surface area contributed by atoms with E-state index in [9.17, 15) is 4.79 Å². The van der Waals surface area contributed by atoms with Crippen LogP contribution in [-0.2, 0) is 11.2 Å². The molecule has 1 N–H and O–H groups in total. The Labute approximate surface area is 127 Å². The zero-order valence-electron chi connectivity index (χ0n) is 13.3. The Morgan fingerprint density at radius 1 is 1.33 bits per heavy atom. The van der Waals surface area contributed by atoms with Gasteiger partial charge in [0.1, 0.15) is 0 Å². The third-order valence-corrected chi connectivity index (χ3v) is 4.09. The monoisotopic (exact) mass is 289 g/mol. The molecule has 2 heterocycles. The van der Waals surface area contributed by atoms with Gasteiger partial charge in [0.2, 0.25) is 5.91 Å². The Hall–Kier alpha value is -1.42. The van der Waals surface area contributed by atoms with Crippen molar-refractivity contribution in [1.29, 1.82) is 0 Å². The highest BCUT2D eigenvalue weighted by Crippen LogP contribution is 2.09. The molecule has 0 spiro atoms. The van der Waals surface area contributed by atoms with Gasteiger partial charge in [-0.25, -0.2) is 0 Å². The second-order valence-electron chi connectivity index (χ2n) is 6.13. The minimum atomic E-state index is 0.123. The van der Waals surface area contributed by atoms with Gasteiger partial charge in [-0.3, -0.25) is 14.7 Å². The summed E-state index contributed by atoms with van der Waals surface area (Å²) in [6.07, 6.45) is 7.64. The minimum Gasteiger partial charge on any atom is -0.352 e. The van der Waals surface area contributed by atoms with Crippen LogP contribution < -0.4 is 5.32 Å². The third-order valence-electron chi connectivity index (χ3n) is 4.09. The topological polar surface area (TPSA) is 45.2 Å². The van der Waals surface area contributed by atoms with Crippen LogP contribution in [0.15, 0.2) is 18.3 Å². The molecule has 1 fully saturated rings. The number of hydrogen-bond acceptors (Lipinski definition) is 3. The first kappa shape index (κ1) is 16.0. The van der Waals surface area contributed by atoms with Gasteiger partial charge in [-0.15, -0.1) is 0 Å². The van der Waals surface area contributed by atoms with Crippen molar-refractivity contribution in [2.45, 2.75) is 52.0 Å². The first-order valence-corrected chi connectivity index (χ1v) is 8.07. The van der Waals surface area contributed by atoms with Gasteiger partial charge in [-0.05, 0) is 51.4 Å². The van der Waals surface area contributed by atoms with Crippen molar-refractivity contribution in [3.05, 3.63) is 29.6 Å². The van der Waals surface area contributed by atoms with E-state index in [0.717, 1.165) is 25.2 Å². The first-order chi connectivity index (χ1) is 10.1. The van der Waals surface area contributed by atoms with Gasteiger partial charge in [0.25, 0.3) is 0 Å². The highest BCUT2D eigenvalue weighted by atomic mass is 16.2. The summed E-state index contributed by atoms with van der Waals surface area (Å²) in [5.74, 6) is 0.137. The summed E-state index contributed by atoms with van der Waals surface area (Å²) >= 11 is 0. The van der Waals surface area contributed by atoms with Crippen molar-refractivity contribution in [3.8, 4) is 0 Å². The zero-order chi connectivity index (χ0) is 15.1. The van der Waals surface area contributed by atoms with Crippen molar-refractivity contribution in [3.63, 3.8) is 0 Å². The summed E-state index contributed by atoms with van der Waals surface area (Å²) < 4.78 is 0. The van der Waals surface area contributed by atoms with E-state index in [4.69, 9.17) is 0 Å². The third kappa shape index (κ3) is 5.46. The van der Waals surface area contributed by atoms with Crippen LogP contribution in [0, 0.1) is 6.92 Å². The average Bonchev–Trinajstić information content (AvgIpc) is 2.69. The van der Waals surface area contributed by atoms with E-state index in [0.29, 0.717) is 6.54 Å². The van der Waals surface area contributed by atoms with Gasteiger partial charge in [0, 0.05) is 24.4 Å². The molecule has 1 aromatic heterocycles. The lowest BCUT2D eigenvalue weighted by Crippen LogP contribution is -2.42. The SMILES string of the molecule is Cc1cccnc1CC(C)NC(=O)CN1CCCCCC1. The van der Waals surface area contributed by atoms with Gasteiger partial charge >= 0.3 is 0 Å². The van der Waals surface area contributed by atoms with Gasteiger partial charge in [-0.1, -0.05) is 18.9 Å². The molecule has 1 atom stereocenters. The number of carbonyl (C=O) groups is 1. The maximum atomic E-state index is 12.1. The quantitative estimate of drug-likeness (QED) is 0.905. The number of amides is 1. The number of pyridine rings is 1. The van der Waals surface area contributed by atoms with Crippen molar-refractivity contribution >= 4 is 5.91 Å². The van der Waals surface area contributed by atoms with Crippen LogP contribution in [0.4, 0.5) is 0 Å². The van der Waals surface area contributed by atoms with Crippen LogP contribution in [0.5, 0.6) is 0 Å². The van der Waals surface area contributed by atoms with E-state index in [1.54, 1.807) is 0 Å². The fourth-order valence-corrected chi connectivity index (χ4v) is 2.89. The molecule has 1 unspecified atom stereocenters. The maximum absolute atomic E-state index is 12.1. The molecular formula is C17H27N3O. The molecule has 4 heteroatoms. The lowest BCUT2D eigenvalue weighted by Gasteiger charge is -2.21.